The quantitative estimate of drug-likeness (QED) is 0.673. The fourth-order valence-corrected chi connectivity index (χ4v) is 1.71. The molecule has 0 unspecified atom stereocenters. The number of nitro groups is 1. The molecule has 6 nitrogen and oxygen atoms in total. The van der Waals surface area contributed by atoms with Crippen LogP contribution in [-0.4, -0.2) is 14.7 Å². The molecular formula is C13H15FN4O2. The molecule has 106 valence electrons. The van der Waals surface area contributed by atoms with Crippen LogP contribution in [0.15, 0.2) is 30.6 Å². The maximum Gasteiger partial charge on any atom is 0.271 e. The number of hydrogen-bond donors (Lipinski definition) is 1. The number of benzene rings is 1. The van der Waals surface area contributed by atoms with E-state index < -0.39 is 10.7 Å². The molecule has 0 spiro atoms. The van der Waals surface area contributed by atoms with Gasteiger partial charge < -0.3 is 5.32 Å². The van der Waals surface area contributed by atoms with E-state index in [0.29, 0.717) is 6.54 Å². The number of aromatic nitrogens is 2. The molecule has 2 aromatic rings. The summed E-state index contributed by atoms with van der Waals surface area (Å²) in [4.78, 5) is 10.1. The van der Waals surface area contributed by atoms with Crippen molar-refractivity contribution in [2.75, 3.05) is 5.32 Å². The Hall–Kier alpha value is -2.44. The first-order chi connectivity index (χ1) is 9.47. The van der Waals surface area contributed by atoms with E-state index in [1.165, 1.54) is 6.07 Å². The molecule has 0 aliphatic rings. The summed E-state index contributed by atoms with van der Waals surface area (Å²) in [5.74, 6) is -0.521. The Bertz CT molecular complexity index is 625. The standard InChI is InChI=1S/C13H15FN4O2/c1-9(2)17-8-10(7-16-17)6-15-13-5-11(18(19)20)3-4-12(13)14/h3-5,7-9,15H,6H2,1-2H3. The van der Waals surface area contributed by atoms with Crippen LogP contribution in [0.4, 0.5) is 15.8 Å². The lowest BCUT2D eigenvalue weighted by Gasteiger charge is -2.06. The Morgan fingerprint density at radius 2 is 2.25 bits per heavy atom. The molecule has 0 radical (unpaired) electrons. The van der Waals surface area contributed by atoms with Crippen molar-refractivity contribution in [3.8, 4) is 0 Å². The van der Waals surface area contributed by atoms with Crippen LogP contribution in [0.5, 0.6) is 0 Å². The van der Waals surface area contributed by atoms with Gasteiger partial charge in [0.2, 0.25) is 0 Å². The van der Waals surface area contributed by atoms with Gasteiger partial charge in [-0.15, -0.1) is 0 Å². The van der Waals surface area contributed by atoms with Crippen LogP contribution in [0.3, 0.4) is 0 Å². The van der Waals surface area contributed by atoms with E-state index >= 15 is 0 Å². The van der Waals surface area contributed by atoms with E-state index in [-0.39, 0.29) is 17.4 Å². The molecule has 2 rings (SSSR count). The van der Waals surface area contributed by atoms with Crippen LogP contribution in [0.2, 0.25) is 0 Å². The lowest BCUT2D eigenvalue weighted by atomic mass is 10.2. The molecule has 1 heterocycles. The van der Waals surface area contributed by atoms with E-state index in [1.807, 2.05) is 20.0 Å². The lowest BCUT2D eigenvalue weighted by molar-refractivity contribution is -0.384. The van der Waals surface area contributed by atoms with Crippen molar-refractivity contribution in [3.05, 3.63) is 52.1 Å². The molecule has 1 N–H and O–H groups in total. The molecular weight excluding hydrogens is 263 g/mol. The smallest absolute Gasteiger partial charge is 0.271 e. The van der Waals surface area contributed by atoms with E-state index in [9.17, 15) is 14.5 Å². The van der Waals surface area contributed by atoms with E-state index in [1.54, 1.807) is 10.9 Å². The monoisotopic (exact) mass is 278 g/mol. The molecule has 0 saturated carbocycles. The average molecular weight is 278 g/mol. The Morgan fingerprint density at radius 3 is 2.85 bits per heavy atom. The van der Waals surface area contributed by atoms with Gasteiger partial charge in [0.05, 0.1) is 16.8 Å². The highest BCUT2D eigenvalue weighted by molar-refractivity contribution is 5.52. The van der Waals surface area contributed by atoms with Crippen molar-refractivity contribution in [1.82, 2.24) is 9.78 Å². The minimum absolute atomic E-state index is 0.108. The molecule has 1 aromatic carbocycles. The van der Waals surface area contributed by atoms with Gasteiger partial charge in [0.15, 0.2) is 0 Å². The summed E-state index contributed by atoms with van der Waals surface area (Å²) in [6.45, 7) is 4.36. The second kappa shape index (κ2) is 5.68. The van der Waals surface area contributed by atoms with Gasteiger partial charge in [0, 0.05) is 36.5 Å². The largest absolute Gasteiger partial charge is 0.378 e. The predicted molar refractivity (Wildman–Crippen MR) is 73.0 cm³/mol. The lowest BCUT2D eigenvalue weighted by Crippen LogP contribution is -2.02. The summed E-state index contributed by atoms with van der Waals surface area (Å²) < 4.78 is 15.4. The molecule has 0 saturated heterocycles. The third kappa shape index (κ3) is 3.11. The molecule has 0 atom stereocenters. The Labute approximate surface area is 115 Å². The Kier molecular flexibility index (Phi) is 3.97. The molecule has 1 aromatic heterocycles. The van der Waals surface area contributed by atoms with Crippen LogP contribution in [-0.2, 0) is 6.54 Å². The fraction of sp³-hybridized carbons (Fsp3) is 0.308. The van der Waals surface area contributed by atoms with E-state index in [2.05, 4.69) is 10.4 Å². The average Bonchev–Trinajstić information content (AvgIpc) is 2.86. The second-order valence-electron chi connectivity index (χ2n) is 4.70. The van der Waals surface area contributed by atoms with Crippen molar-refractivity contribution in [3.63, 3.8) is 0 Å². The van der Waals surface area contributed by atoms with Crippen molar-refractivity contribution >= 4 is 11.4 Å². The zero-order valence-corrected chi connectivity index (χ0v) is 11.2. The summed E-state index contributed by atoms with van der Waals surface area (Å²) in [6, 6.07) is 3.65. The minimum atomic E-state index is -0.554. The number of nitrogens with zero attached hydrogens (tertiary/aromatic N) is 3. The van der Waals surface area contributed by atoms with Crippen molar-refractivity contribution in [2.45, 2.75) is 26.4 Å². The van der Waals surface area contributed by atoms with Gasteiger partial charge in [-0.1, -0.05) is 0 Å². The molecule has 0 bridgehead atoms. The maximum absolute atomic E-state index is 13.6. The van der Waals surface area contributed by atoms with Crippen LogP contribution >= 0.6 is 0 Å². The fourth-order valence-electron chi connectivity index (χ4n) is 1.71. The number of rotatable bonds is 5. The van der Waals surface area contributed by atoms with Gasteiger partial charge in [-0.25, -0.2) is 4.39 Å². The number of non-ortho nitro benzene ring substituents is 1. The highest BCUT2D eigenvalue weighted by Crippen LogP contribution is 2.21. The predicted octanol–water partition coefficient (Wildman–Crippen LogP) is 3.12. The number of hydrogen-bond acceptors (Lipinski definition) is 4. The number of anilines is 1. The second-order valence-corrected chi connectivity index (χ2v) is 4.70. The Balaban J connectivity index is 2.09. The van der Waals surface area contributed by atoms with Gasteiger partial charge in [-0.3, -0.25) is 14.8 Å². The normalized spacial score (nSPS) is 10.8. The number of nitrogens with one attached hydrogen (secondary N) is 1. The zero-order chi connectivity index (χ0) is 14.7. The van der Waals surface area contributed by atoms with Gasteiger partial charge in [0.1, 0.15) is 5.82 Å². The Morgan fingerprint density at radius 1 is 1.50 bits per heavy atom. The summed E-state index contributed by atoms with van der Waals surface area (Å²) in [6.07, 6.45) is 3.54. The van der Waals surface area contributed by atoms with Crippen molar-refractivity contribution in [1.29, 1.82) is 0 Å². The molecule has 0 aliphatic carbocycles. The minimum Gasteiger partial charge on any atom is -0.378 e. The van der Waals surface area contributed by atoms with Gasteiger partial charge in [0.25, 0.3) is 5.69 Å². The summed E-state index contributed by atoms with van der Waals surface area (Å²) >= 11 is 0. The zero-order valence-electron chi connectivity index (χ0n) is 11.2. The molecule has 0 fully saturated rings. The maximum atomic E-state index is 13.6. The molecule has 20 heavy (non-hydrogen) atoms. The first-order valence-electron chi connectivity index (χ1n) is 6.18. The van der Waals surface area contributed by atoms with Crippen LogP contribution < -0.4 is 5.32 Å². The highest BCUT2D eigenvalue weighted by atomic mass is 19.1. The van der Waals surface area contributed by atoms with Gasteiger partial charge >= 0.3 is 0 Å². The summed E-state index contributed by atoms with van der Waals surface area (Å²) in [7, 11) is 0. The molecule has 0 aliphatic heterocycles. The summed E-state index contributed by atoms with van der Waals surface area (Å²) in [5, 5.41) is 17.7. The van der Waals surface area contributed by atoms with Gasteiger partial charge in [-0.2, -0.15) is 5.10 Å². The third-order valence-corrected chi connectivity index (χ3v) is 2.83. The number of halogens is 1. The molecule has 7 heteroatoms. The van der Waals surface area contributed by atoms with Crippen LogP contribution in [0.25, 0.3) is 0 Å². The van der Waals surface area contributed by atoms with Gasteiger partial charge in [-0.05, 0) is 19.9 Å². The van der Waals surface area contributed by atoms with E-state index in [4.69, 9.17) is 0 Å². The first-order valence-corrected chi connectivity index (χ1v) is 6.18. The van der Waals surface area contributed by atoms with Crippen molar-refractivity contribution < 1.29 is 9.31 Å². The number of nitro benzene ring substituents is 1. The summed E-state index contributed by atoms with van der Waals surface area (Å²) in [5.41, 5.74) is 0.841. The van der Waals surface area contributed by atoms with Crippen LogP contribution in [0, 0.1) is 15.9 Å². The highest BCUT2D eigenvalue weighted by Gasteiger charge is 2.11. The van der Waals surface area contributed by atoms with Crippen LogP contribution in [0.1, 0.15) is 25.5 Å². The SMILES string of the molecule is CC(C)n1cc(CNc2cc([N+](=O)[O-])ccc2F)cn1. The van der Waals surface area contributed by atoms with Crippen molar-refractivity contribution in [2.24, 2.45) is 0 Å². The first kappa shape index (κ1) is 14.0. The molecule has 0 amide bonds. The topological polar surface area (TPSA) is 73.0 Å². The third-order valence-electron chi connectivity index (χ3n) is 2.83. The van der Waals surface area contributed by atoms with E-state index in [0.717, 1.165) is 17.7 Å².